The van der Waals surface area contributed by atoms with E-state index >= 15 is 0 Å². The summed E-state index contributed by atoms with van der Waals surface area (Å²) in [5.41, 5.74) is 0.696. The summed E-state index contributed by atoms with van der Waals surface area (Å²) in [5.74, 6) is 0.148. The second kappa shape index (κ2) is 5.61. The number of benzene rings is 1. The van der Waals surface area contributed by atoms with Gasteiger partial charge in [-0.15, -0.1) is 6.58 Å². The zero-order valence-corrected chi connectivity index (χ0v) is 8.76. The third-order valence-corrected chi connectivity index (χ3v) is 2.19. The van der Waals surface area contributed by atoms with Crippen LogP contribution in [0.15, 0.2) is 36.9 Å². The van der Waals surface area contributed by atoms with Crippen molar-refractivity contribution in [1.29, 1.82) is 0 Å². The van der Waals surface area contributed by atoms with E-state index in [0.717, 1.165) is 12.8 Å². The predicted molar refractivity (Wildman–Crippen MR) is 59.8 cm³/mol. The molecule has 0 aliphatic rings. The van der Waals surface area contributed by atoms with Crippen molar-refractivity contribution in [2.45, 2.75) is 19.3 Å². The van der Waals surface area contributed by atoms with Crippen LogP contribution in [0.25, 0.3) is 0 Å². The molecule has 0 bridgehead atoms. The lowest BCUT2D eigenvalue weighted by atomic mass is 10.1. The molecule has 14 heavy (non-hydrogen) atoms. The first-order chi connectivity index (χ1) is 6.74. The Morgan fingerprint density at radius 2 is 2.29 bits per heavy atom. The number of unbranched alkanes of at least 4 members (excludes halogenated alkanes) is 1. The topological polar surface area (TPSA) is 17.1 Å². The Morgan fingerprint density at radius 1 is 1.50 bits per heavy atom. The van der Waals surface area contributed by atoms with Crippen LogP contribution in [0.1, 0.15) is 29.6 Å². The fraction of sp³-hybridized carbons (Fsp3) is 0.250. The summed E-state index contributed by atoms with van der Waals surface area (Å²) < 4.78 is 0. The van der Waals surface area contributed by atoms with E-state index in [1.54, 1.807) is 24.3 Å². The molecular weight excluding hydrogens is 196 g/mol. The first kappa shape index (κ1) is 11.0. The summed E-state index contributed by atoms with van der Waals surface area (Å²) >= 11 is 5.78. The van der Waals surface area contributed by atoms with Gasteiger partial charge in [0.25, 0.3) is 0 Å². The van der Waals surface area contributed by atoms with E-state index in [1.807, 2.05) is 6.08 Å². The Bertz CT molecular complexity index is 331. The minimum absolute atomic E-state index is 0.148. The van der Waals surface area contributed by atoms with Crippen molar-refractivity contribution in [1.82, 2.24) is 0 Å². The minimum atomic E-state index is 0.148. The van der Waals surface area contributed by atoms with Crippen molar-refractivity contribution < 1.29 is 4.79 Å². The third-order valence-electron chi connectivity index (χ3n) is 1.96. The molecule has 0 N–H and O–H groups in total. The SMILES string of the molecule is C=CCCCC(=O)c1cccc(Cl)c1. The maximum Gasteiger partial charge on any atom is 0.162 e. The molecule has 0 aliphatic heterocycles. The highest BCUT2D eigenvalue weighted by Crippen LogP contribution is 2.13. The largest absolute Gasteiger partial charge is 0.294 e. The van der Waals surface area contributed by atoms with E-state index < -0.39 is 0 Å². The standard InChI is InChI=1S/C12H13ClO/c1-2-3-4-8-12(14)10-6-5-7-11(13)9-10/h2,5-7,9H,1,3-4,8H2. The highest BCUT2D eigenvalue weighted by Gasteiger charge is 2.04. The zero-order chi connectivity index (χ0) is 10.4. The van der Waals surface area contributed by atoms with Gasteiger partial charge in [0.1, 0.15) is 0 Å². The van der Waals surface area contributed by atoms with Crippen molar-refractivity contribution in [2.24, 2.45) is 0 Å². The van der Waals surface area contributed by atoms with Gasteiger partial charge in [0.2, 0.25) is 0 Å². The van der Waals surface area contributed by atoms with Crippen LogP contribution in [0.2, 0.25) is 5.02 Å². The Hall–Kier alpha value is -1.08. The van der Waals surface area contributed by atoms with Gasteiger partial charge in [-0.25, -0.2) is 0 Å². The number of ketones is 1. The highest BCUT2D eigenvalue weighted by molar-refractivity contribution is 6.31. The Balaban J connectivity index is 2.56. The summed E-state index contributed by atoms with van der Waals surface area (Å²) in [6.07, 6.45) is 4.12. The van der Waals surface area contributed by atoms with E-state index in [0.29, 0.717) is 17.0 Å². The molecule has 1 rings (SSSR count). The molecule has 0 atom stereocenters. The van der Waals surface area contributed by atoms with E-state index in [1.165, 1.54) is 0 Å². The molecule has 0 heterocycles. The van der Waals surface area contributed by atoms with Crippen LogP contribution in [-0.4, -0.2) is 5.78 Å². The van der Waals surface area contributed by atoms with Gasteiger partial charge in [-0.2, -0.15) is 0 Å². The fourth-order valence-corrected chi connectivity index (χ4v) is 1.40. The van der Waals surface area contributed by atoms with Gasteiger partial charge in [-0.3, -0.25) is 4.79 Å². The number of allylic oxidation sites excluding steroid dienone is 1. The molecule has 0 unspecified atom stereocenters. The number of Topliss-reactive ketones (excluding diaryl/α,β-unsaturated/α-hetero) is 1. The fourth-order valence-electron chi connectivity index (χ4n) is 1.21. The molecule has 0 spiro atoms. The van der Waals surface area contributed by atoms with Crippen molar-refractivity contribution in [3.8, 4) is 0 Å². The van der Waals surface area contributed by atoms with Gasteiger partial charge in [0.15, 0.2) is 5.78 Å². The van der Waals surface area contributed by atoms with Crippen LogP contribution in [0, 0.1) is 0 Å². The molecule has 0 saturated heterocycles. The molecule has 0 fully saturated rings. The molecule has 0 aromatic heterocycles. The average Bonchev–Trinajstić information content (AvgIpc) is 2.18. The lowest BCUT2D eigenvalue weighted by Crippen LogP contribution is -1.98. The third kappa shape index (κ3) is 3.35. The number of carbonyl (C=O) groups is 1. The van der Waals surface area contributed by atoms with E-state index in [2.05, 4.69) is 6.58 Å². The number of halogens is 1. The zero-order valence-electron chi connectivity index (χ0n) is 8.00. The molecule has 74 valence electrons. The molecule has 0 amide bonds. The normalized spacial score (nSPS) is 9.79. The minimum Gasteiger partial charge on any atom is -0.294 e. The summed E-state index contributed by atoms with van der Waals surface area (Å²) in [4.78, 5) is 11.6. The van der Waals surface area contributed by atoms with Gasteiger partial charge >= 0.3 is 0 Å². The lowest BCUT2D eigenvalue weighted by molar-refractivity contribution is 0.0980. The van der Waals surface area contributed by atoms with Crippen LogP contribution in [0.5, 0.6) is 0 Å². The van der Waals surface area contributed by atoms with Crippen LogP contribution in [0.4, 0.5) is 0 Å². The summed E-state index contributed by atoms with van der Waals surface area (Å²) in [6, 6.07) is 7.06. The van der Waals surface area contributed by atoms with Gasteiger partial charge < -0.3 is 0 Å². The molecule has 0 aliphatic carbocycles. The Labute approximate surface area is 89.4 Å². The summed E-state index contributed by atoms with van der Waals surface area (Å²) in [7, 11) is 0. The first-order valence-electron chi connectivity index (χ1n) is 4.63. The molecule has 0 saturated carbocycles. The Kier molecular flexibility index (Phi) is 4.41. The van der Waals surface area contributed by atoms with Crippen LogP contribution >= 0.6 is 11.6 Å². The van der Waals surface area contributed by atoms with E-state index in [-0.39, 0.29) is 5.78 Å². The Morgan fingerprint density at radius 3 is 2.93 bits per heavy atom. The number of rotatable bonds is 5. The number of hydrogen-bond donors (Lipinski definition) is 0. The van der Waals surface area contributed by atoms with Gasteiger partial charge in [0.05, 0.1) is 0 Å². The molecule has 2 heteroatoms. The smallest absolute Gasteiger partial charge is 0.162 e. The van der Waals surface area contributed by atoms with Crippen LogP contribution < -0.4 is 0 Å². The highest BCUT2D eigenvalue weighted by atomic mass is 35.5. The quantitative estimate of drug-likeness (QED) is 0.408. The van der Waals surface area contributed by atoms with Crippen molar-refractivity contribution in [2.75, 3.05) is 0 Å². The van der Waals surface area contributed by atoms with E-state index in [9.17, 15) is 4.79 Å². The number of carbonyl (C=O) groups excluding carboxylic acids is 1. The predicted octanol–water partition coefficient (Wildman–Crippen LogP) is 3.88. The monoisotopic (exact) mass is 208 g/mol. The summed E-state index contributed by atoms with van der Waals surface area (Å²) in [6.45, 7) is 3.61. The summed E-state index contributed by atoms with van der Waals surface area (Å²) in [5, 5.41) is 0.611. The number of hydrogen-bond acceptors (Lipinski definition) is 1. The second-order valence-electron chi connectivity index (χ2n) is 3.11. The molecular formula is C12H13ClO. The van der Waals surface area contributed by atoms with Crippen molar-refractivity contribution in [3.63, 3.8) is 0 Å². The average molecular weight is 209 g/mol. The maximum absolute atomic E-state index is 11.6. The second-order valence-corrected chi connectivity index (χ2v) is 3.55. The van der Waals surface area contributed by atoms with Crippen molar-refractivity contribution in [3.05, 3.63) is 47.5 Å². The van der Waals surface area contributed by atoms with E-state index in [4.69, 9.17) is 11.6 Å². The molecule has 0 radical (unpaired) electrons. The maximum atomic E-state index is 11.6. The lowest BCUT2D eigenvalue weighted by Gasteiger charge is -1.99. The molecule has 1 aromatic carbocycles. The van der Waals surface area contributed by atoms with Gasteiger partial charge in [-0.05, 0) is 25.0 Å². The first-order valence-corrected chi connectivity index (χ1v) is 5.01. The van der Waals surface area contributed by atoms with Gasteiger partial charge in [0, 0.05) is 17.0 Å². The van der Waals surface area contributed by atoms with Crippen LogP contribution in [-0.2, 0) is 0 Å². The van der Waals surface area contributed by atoms with Crippen LogP contribution in [0.3, 0.4) is 0 Å². The molecule has 1 aromatic rings. The molecule has 1 nitrogen and oxygen atoms in total. The van der Waals surface area contributed by atoms with Crippen molar-refractivity contribution >= 4 is 17.4 Å². The van der Waals surface area contributed by atoms with Gasteiger partial charge in [-0.1, -0.05) is 29.8 Å².